The number of rotatable bonds is 4. The van der Waals surface area contributed by atoms with E-state index in [2.05, 4.69) is 10.3 Å². The van der Waals surface area contributed by atoms with Gasteiger partial charge in [0, 0.05) is 17.1 Å². The third-order valence-electron chi connectivity index (χ3n) is 3.02. The van der Waals surface area contributed by atoms with E-state index in [1.54, 1.807) is 37.3 Å². The highest BCUT2D eigenvalue weighted by molar-refractivity contribution is 6.31. The number of halogens is 2. The Labute approximate surface area is 133 Å². The molecule has 0 saturated heterocycles. The van der Waals surface area contributed by atoms with Crippen LogP contribution in [0.15, 0.2) is 36.4 Å². The number of nitrogens with one attached hydrogen (secondary N) is 1. The lowest BCUT2D eigenvalue weighted by molar-refractivity contribution is 0.0715. The summed E-state index contributed by atoms with van der Waals surface area (Å²) in [5, 5.41) is 23.2. The Hall–Kier alpha value is -1.80. The minimum atomic E-state index is -1.17. The van der Waals surface area contributed by atoms with Gasteiger partial charge in [-0.25, -0.2) is 4.98 Å². The molecule has 0 bridgehead atoms. The highest BCUT2D eigenvalue weighted by Gasteiger charge is 2.25. The monoisotopic (exact) mass is 321 g/mol. The molecule has 1 heterocycles. The van der Waals surface area contributed by atoms with E-state index < -0.39 is 5.60 Å². The van der Waals surface area contributed by atoms with Gasteiger partial charge in [0.1, 0.15) is 17.5 Å². The Kier molecular flexibility index (Phi) is 4.69. The molecule has 21 heavy (non-hydrogen) atoms. The van der Waals surface area contributed by atoms with E-state index in [4.69, 9.17) is 28.5 Å². The van der Waals surface area contributed by atoms with E-state index in [1.807, 2.05) is 12.1 Å². The maximum Gasteiger partial charge on any atom is 0.161 e. The van der Waals surface area contributed by atoms with Crippen molar-refractivity contribution in [2.75, 3.05) is 11.9 Å². The fourth-order valence-corrected chi connectivity index (χ4v) is 2.36. The fourth-order valence-electron chi connectivity index (χ4n) is 1.87. The molecular formula is C15H13Cl2N3O. The van der Waals surface area contributed by atoms with Crippen molar-refractivity contribution < 1.29 is 5.11 Å². The zero-order chi connectivity index (χ0) is 15.5. The van der Waals surface area contributed by atoms with Gasteiger partial charge in [-0.15, -0.1) is 0 Å². The predicted octanol–water partition coefficient (Wildman–Crippen LogP) is 3.58. The van der Waals surface area contributed by atoms with Gasteiger partial charge < -0.3 is 10.4 Å². The third kappa shape index (κ3) is 3.64. The van der Waals surface area contributed by atoms with Gasteiger partial charge in [-0.05, 0) is 25.1 Å². The Morgan fingerprint density at radius 2 is 1.95 bits per heavy atom. The molecule has 2 aromatic rings. The topological polar surface area (TPSA) is 68.9 Å². The van der Waals surface area contributed by atoms with E-state index in [0.29, 0.717) is 21.4 Å². The van der Waals surface area contributed by atoms with Gasteiger partial charge in [0.2, 0.25) is 0 Å². The van der Waals surface area contributed by atoms with E-state index in [1.165, 1.54) is 0 Å². The molecule has 1 aromatic heterocycles. The summed E-state index contributed by atoms with van der Waals surface area (Å²) in [5.74, 6) is 0.461. The maximum absolute atomic E-state index is 10.5. The van der Waals surface area contributed by atoms with Gasteiger partial charge >= 0.3 is 0 Å². The van der Waals surface area contributed by atoms with Gasteiger partial charge in [0.25, 0.3) is 0 Å². The first-order chi connectivity index (χ1) is 9.94. The first-order valence-corrected chi connectivity index (χ1v) is 6.97. The summed E-state index contributed by atoms with van der Waals surface area (Å²) >= 11 is 11.9. The van der Waals surface area contributed by atoms with Crippen molar-refractivity contribution in [3.63, 3.8) is 0 Å². The first-order valence-electron chi connectivity index (χ1n) is 6.22. The SMILES string of the molecule is CC(O)(CNc1ccc(Cl)c(C#N)n1)c1ccccc1Cl. The van der Waals surface area contributed by atoms with Crippen molar-refractivity contribution in [1.29, 1.82) is 5.26 Å². The molecule has 0 amide bonds. The van der Waals surface area contributed by atoms with Gasteiger partial charge in [-0.1, -0.05) is 41.4 Å². The second-order valence-electron chi connectivity index (χ2n) is 4.75. The number of benzene rings is 1. The molecule has 2 N–H and O–H groups in total. The zero-order valence-corrected chi connectivity index (χ0v) is 12.8. The molecule has 1 unspecified atom stereocenters. The molecule has 0 fully saturated rings. The molecule has 1 atom stereocenters. The normalized spacial score (nSPS) is 13.3. The van der Waals surface area contributed by atoms with Crippen LogP contribution < -0.4 is 5.32 Å². The van der Waals surface area contributed by atoms with Crippen LogP contribution in [0, 0.1) is 11.3 Å². The summed E-state index contributed by atoms with van der Waals surface area (Å²) in [6, 6.07) is 12.2. The van der Waals surface area contributed by atoms with Gasteiger partial charge in [0.15, 0.2) is 5.69 Å². The number of aliphatic hydroxyl groups is 1. The van der Waals surface area contributed by atoms with E-state index >= 15 is 0 Å². The largest absolute Gasteiger partial charge is 0.384 e. The van der Waals surface area contributed by atoms with Crippen molar-refractivity contribution in [2.24, 2.45) is 0 Å². The second kappa shape index (κ2) is 6.31. The van der Waals surface area contributed by atoms with Gasteiger partial charge in [0.05, 0.1) is 5.02 Å². The number of anilines is 1. The zero-order valence-electron chi connectivity index (χ0n) is 11.3. The van der Waals surface area contributed by atoms with E-state index in [-0.39, 0.29) is 12.2 Å². The van der Waals surface area contributed by atoms with Crippen LogP contribution in [0.5, 0.6) is 0 Å². The van der Waals surface area contributed by atoms with E-state index in [9.17, 15) is 5.11 Å². The lowest BCUT2D eigenvalue weighted by Gasteiger charge is -2.25. The molecule has 4 nitrogen and oxygen atoms in total. The number of aromatic nitrogens is 1. The van der Waals surface area contributed by atoms with Crippen molar-refractivity contribution in [2.45, 2.75) is 12.5 Å². The van der Waals surface area contributed by atoms with Crippen LogP contribution in [0.2, 0.25) is 10.0 Å². The maximum atomic E-state index is 10.5. The molecule has 0 spiro atoms. The fraction of sp³-hybridized carbons (Fsp3) is 0.200. The van der Waals surface area contributed by atoms with Crippen molar-refractivity contribution in [3.8, 4) is 6.07 Å². The number of nitrogens with zero attached hydrogens (tertiary/aromatic N) is 2. The molecule has 0 aliphatic rings. The summed E-state index contributed by atoms with van der Waals surface area (Å²) in [6.45, 7) is 1.85. The Bertz CT molecular complexity index is 696. The first kappa shape index (κ1) is 15.6. The highest BCUT2D eigenvalue weighted by Crippen LogP contribution is 2.28. The van der Waals surface area contributed by atoms with Crippen LogP contribution >= 0.6 is 23.2 Å². The predicted molar refractivity (Wildman–Crippen MR) is 83.5 cm³/mol. The second-order valence-corrected chi connectivity index (χ2v) is 5.56. The van der Waals surface area contributed by atoms with Crippen LogP contribution in [0.1, 0.15) is 18.2 Å². The molecule has 0 aliphatic carbocycles. The van der Waals surface area contributed by atoms with Crippen molar-refractivity contribution in [1.82, 2.24) is 4.98 Å². The molecule has 0 aliphatic heterocycles. The van der Waals surface area contributed by atoms with Crippen LogP contribution in [0.4, 0.5) is 5.82 Å². The summed E-state index contributed by atoms with van der Waals surface area (Å²) in [6.07, 6.45) is 0. The summed E-state index contributed by atoms with van der Waals surface area (Å²) in [4.78, 5) is 4.06. The van der Waals surface area contributed by atoms with Crippen molar-refractivity contribution >= 4 is 29.0 Å². The summed E-state index contributed by atoms with van der Waals surface area (Å²) in [7, 11) is 0. The molecule has 2 rings (SSSR count). The van der Waals surface area contributed by atoms with Crippen LogP contribution in [-0.2, 0) is 5.60 Å². The molecular weight excluding hydrogens is 309 g/mol. The van der Waals surface area contributed by atoms with Gasteiger partial charge in [-0.3, -0.25) is 0 Å². The van der Waals surface area contributed by atoms with Gasteiger partial charge in [-0.2, -0.15) is 5.26 Å². The molecule has 6 heteroatoms. The summed E-state index contributed by atoms with van der Waals surface area (Å²) in [5.41, 5.74) is -0.417. The molecule has 108 valence electrons. The Balaban J connectivity index is 2.16. The van der Waals surface area contributed by atoms with Crippen LogP contribution in [-0.4, -0.2) is 16.6 Å². The Morgan fingerprint density at radius 1 is 1.24 bits per heavy atom. The number of hydrogen-bond acceptors (Lipinski definition) is 4. The average molecular weight is 322 g/mol. The quantitative estimate of drug-likeness (QED) is 0.903. The highest BCUT2D eigenvalue weighted by atomic mass is 35.5. The molecule has 0 radical (unpaired) electrons. The smallest absolute Gasteiger partial charge is 0.161 e. The lowest BCUT2D eigenvalue weighted by Crippen LogP contribution is -2.31. The number of pyridine rings is 1. The third-order valence-corrected chi connectivity index (χ3v) is 3.65. The summed E-state index contributed by atoms with van der Waals surface area (Å²) < 4.78 is 0. The average Bonchev–Trinajstić information content (AvgIpc) is 2.46. The van der Waals surface area contributed by atoms with Crippen molar-refractivity contribution in [3.05, 3.63) is 57.7 Å². The molecule has 1 aromatic carbocycles. The minimum Gasteiger partial charge on any atom is -0.384 e. The standard InChI is InChI=1S/C15H13Cl2N3O/c1-15(21,10-4-2-3-5-11(10)16)9-19-14-7-6-12(17)13(8-18)20-14/h2-7,21H,9H2,1H3,(H,19,20). The number of hydrogen-bond donors (Lipinski definition) is 2. The Morgan fingerprint density at radius 3 is 2.62 bits per heavy atom. The van der Waals surface area contributed by atoms with E-state index in [0.717, 1.165) is 0 Å². The van der Waals surface area contributed by atoms with Crippen LogP contribution in [0.3, 0.4) is 0 Å². The molecule has 0 saturated carbocycles. The van der Waals surface area contributed by atoms with Crippen LogP contribution in [0.25, 0.3) is 0 Å². The number of nitriles is 1. The minimum absolute atomic E-state index is 0.138. The lowest BCUT2D eigenvalue weighted by atomic mass is 9.96.